The van der Waals surface area contributed by atoms with E-state index in [-0.39, 0.29) is 40.5 Å². The van der Waals surface area contributed by atoms with Crippen molar-refractivity contribution < 1.29 is 31.2 Å². The Morgan fingerprint density at radius 1 is 1.10 bits per heavy atom. The third-order valence-corrected chi connectivity index (χ3v) is 10.2. The zero-order chi connectivity index (χ0) is 29.3. The van der Waals surface area contributed by atoms with Crippen molar-refractivity contribution >= 4 is 21.7 Å². The number of benzene rings is 2. The number of carbonyl (C=O) groups excluding carboxylic acids is 2. The number of carbonyl (C=O) groups is 2. The molecule has 0 spiro atoms. The van der Waals surface area contributed by atoms with Crippen LogP contribution < -0.4 is 5.32 Å². The minimum atomic E-state index is -4.60. The van der Waals surface area contributed by atoms with Crippen LogP contribution in [0, 0.1) is 5.92 Å². The second-order valence-corrected chi connectivity index (χ2v) is 13.0. The summed E-state index contributed by atoms with van der Waals surface area (Å²) < 4.78 is 66.4. The van der Waals surface area contributed by atoms with Gasteiger partial charge < -0.3 is 10.2 Å². The highest BCUT2D eigenvalue weighted by atomic mass is 32.2. The van der Waals surface area contributed by atoms with Gasteiger partial charge in [0, 0.05) is 24.1 Å². The fourth-order valence-corrected chi connectivity index (χ4v) is 7.88. The van der Waals surface area contributed by atoms with Gasteiger partial charge in [0.1, 0.15) is 6.04 Å². The van der Waals surface area contributed by atoms with Crippen LogP contribution in [0.1, 0.15) is 61.9 Å². The number of likely N-dealkylation sites (tertiary alicyclic amines) is 1. The van der Waals surface area contributed by atoms with Crippen molar-refractivity contribution in [2.45, 2.75) is 74.8 Å². The van der Waals surface area contributed by atoms with Crippen LogP contribution in [0.15, 0.2) is 59.5 Å². The van der Waals surface area contributed by atoms with E-state index in [1.165, 1.54) is 6.07 Å². The van der Waals surface area contributed by atoms with Gasteiger partial charge in [0.15, 0.2) is 9.84 Å². The molecule has 4 rings (SSSR count). The first kappa shape index (κ1) is 30.0. The maximum absolute atomic E-state index is 13.9. The molecule has 0 aromatic heterocycles. The number of amides is 2. The molecule has 0 bridgehead atoms. The molecule has 40 heavy (non-hydrogen) atoms. The first-order chi connectivity index (χ1) is 18.8. The van der Waals surface area contributed by atoms with Crippen molar-refractivity contribution in [3.8, 4) is 0 Å². The summed E-state index contributed by atoms with van der Waals surface area (Å²) in [5, 5.41) is 2.63. The fraction of sp³-hybridized carbons (Fsp3) is 0.517. The number of halogens is 3. The molecule has 1 saturated carbocycles. The van der Waals surface area contributed by atoms with Gasteiger partial charge in [-0.25, -0.2) is 8.42 Å². The molecule has 0 radical (unpaired) electrons. The van der Waals surface area contributed by atoms with Crippen LogP contribution in [0.2, 0.25) is 0 Å². The lowest BCUT2D eigenvalue weighted by Crippen LogP contribution is -2.68. The molecule has 1 aliphatic carbocycles. The number of hydrogen-bond acceptors (Lipinski definition) is 5. The molecule has 11 heteroatoms. The first-order valence-corrected chi connectivity index (χ1v) is 15.2. The summed E-state index contributed by atoms with van der Waals surface area (Å²) >= 11 is 0. The van der Waals surface area contributed by atoms with Crippen molar-refractivity contribution in [3.63, 3.8) is 0 Å². The molecule has 2 amide bonds. The highest BCUT2D eigenvalue weighted by Gasteiger charge is 2.55. The standard InChI is InChI=1S/C29H36F3N3O4S/c1-20(2)34(3)28(16-8-7-11-23(28)19-40(38,39)24-13-5-4-6-14-24)35-17-15-25(27(35)37)33-26(36)21-10-9-12-22(18-21)29(30,31)32/h4-6,9-10,12-14,18,20,23,25H,7-8,11,15-17,19H2,1-3H3,(H,33,36)/t23-,25-,28-/m0/s1. The number of sulfone groups is 1. The summed E-state index contributed by atoms with van der Waals surface area (Å²) in [7, 11) is -1.75. The molecule has 2 aromatic rings. The van der Waals surface area contributed by atoms with Gasteiger partial charge >= 0.3 is 6.18 Å². The van der Waals surface area contributed by atoms with Crippen molar-refractivity contribution in [3.05, 3.63) is 65.7 Å². The molecule has 2 fully saturated rings. The second kappa shape index (κ2) is 11.5. The minimum Gasteiger partial charge on any atom is -0.340 e. The summed E-state index contributed by atoms with van der Waals surface area (Å²) in [5.74, 6) is -1.61. The van der Waals surface area contributed by atoms with E-state index in [0.29, 0.717) is 19.4 Å². The topological polar surface area (TPSA) is 86.8 Å². The number of hydrogen-bond donors (Lipinski definition) is 1. The number of nitrogens with one attached hydrogen (secondary N) is 1. The van der Waals surface area contributed by atoms with E-state index in [1.807, 2.05) is 20.9 Å². The molecule has 0 unspecified atom stereocenters. The molecular weight excluding hydrogens is 543 g/mol. The Labute approximate surface area is 233 Å². The van der Waals surface area contributed by atoms with Crippen molar-refractivity contribution in [1.29, 1.82) is 0 Å². The highest BCUT2D eigenvalue weighted by molar-refractivity contribution is 7.91. The van der Waals surface area contributed by atoms with Gasteiger partial charge in [0.2, 0.25) is 5.91 Å². The van der Waals surface area contributed by atoms with Crippen LogP contribution in [0.25, 0.3) is 0 Å². The van der Waals surface area contributed by atoms with Gasteiger partial charge in [-0.3, -0.25) is 14.5 Å². The first-order valence-electron chi connectivity index (χ1n) is 13.6. The Balaban J connectivity index is 1.62. The van der Waals surface area contributed by atoms with Crippen LogP contribution in [-0.4, -0.2) is 67.1 Å². The fourth-order valence-electron chi connectivity index (χ4n) is 6.15. The van der Waals surface area contributed by atoms with Gasteiger partial charge in [-0.2, -0.15) is 13.2 Å². The third kappa shape index (κ3) is 5.90. The highest BCUT2D eigenvalue weighted by Crippen LogP contribution is 2.44. The van der Waals surface area contributed by atoms with Crippen LogP contribution >= 0.6 is 0 Å². The average molecular weight is 580 g/mol. The average Bonchev–Trinajstić information content (AvgIpc) is 3.28. The molecule has 218 valence electrons. The van der Waals surface area contributed by atoms with Gasteiger partial charge in [0.25, 0.3) is 5.91 Å². The van der Waals surface area contributed by atoms with Crippen molar-refractivity contribution in [1.82, 2.24) is 15.1 Å². The number of nitrogens with zero attached hydrogens (tertiary/aromatic N) is 2. The number of rotatable bonds is 8. The van der Waals surface area contributed by atoms with Gasteiger partial charge in [0.05, 0.1) is 21.9 Å². The lowest BCUT2D eigenvalue weighted by molar-refractivity contribution is -0.156. The Morgan fingerprint density at radius 2 is 1.80 bits per heavy atom. The zero-order valence-corrected chi connectivity index (χ0v) is 23.8. The van der Waals surface area contributed by atoms with E-state index in [1.54, 1.807) is 35.2 Å². The quantitative estimate of drug-likeness (QED) is 0.489. The lowest BCUT2D eigenvalue weighted by Gasteiger charge is -2.56. The van der Waals surface area contributed by atoms with E-state index in [2.05, 4.69) is 10.2 Å². The Morgan fingerprint density at radius 3 is 2.45 bits per heavy atom. The molecule has 1 aliphatic heterocycles. The third-order valence-electron chi connectivity index (χ3n) is 8.34. The summed E-state index contributed by atoms with van der Waals surface area (Å²) in [6, 6.07) is 11.4. The second-order valence-electron chi connectivity index (χ2n) is 11.0. The molecule has 1 saturated heterocycles. The molecule has 1 N–H and O–H groups in total. The van der Waals surface area contributed by atoms with Gasteiger partial charge in [-0.15, -0.1) is 0 Å². The minimum absolute atomic E-state index is 0.00780. The maximum Gasteiger partial charge on any atom is 0.416 e. The molecular formula is C29H36F3N3O4S. The number of alkyl halides is 3. The molecule has 2 aliphatic rings. The normalized spacial score (nSPS) is 24.1. The van der Waals surface area contributed by atoms with Crippen LogP contribution in [0.5, 0.6) is 0 Å². The van der Waals surface area contributed by atoms with Gasteiger partial charge in [-0.05, 0) is 76.9 Å². The summed E-state index contributed by atoms with van der Waals surface area (Å²) in [5.41, 5.74) is -2.01. The summed E-state index contributed by atoms with van der Waals surface area (Å²) in [6.45, 7) is 4.28. The smallest absolute Gasteiger partial charge is 0.340 e. The predicted molar refractivity (Wildman–Crippen MR) is 145 cm³/mol. The van der Waals surface area contributed by atoms with Crippen LogP contribution in [0.4, 0.5) is 13.2 Å². The summed E-state index contributed by atoms with van der Waals surface area (Å²) in [6.07, 6.45) is -1.48. The molecule has 3 atom stereocenters. The van der Waals surface area contributed by atoms with Crippen LogP contribution in [-0.2, 0) is 20.8 Å². The lowest BCUT2D eigenvalue weighted by atomic mass is 9.77. The van der Waals surface area contributed by atoms with Crippen molar-refractivity contribution in [2.75, 3.05) is 19.3 Å². The largest absolute Gasteiger partial charge is 0.416 e. The van der Waals surface area contributed by atoms with Crippen LogP contribution in [0.3, 0.4) is 0 Å². The Bertz CT molecular complexity index is 1330. The monoisotopic (exact) mass is 579 g/mol. The molecule has 1 heterocycles. The zero-order valence-electron chi connectivity index (χ0n) is 22.9. The van der Waals surface area contributed by atoms with E-state index < -0.39 is 39.2 Å². The molecule has 7 nitrogen and oxygen atoms in total. The Kier molecular flexibility index (Phi) is 8.65. The Hall–Kier alpha value is -2.92. The summed E-state index contributed by atoms with van der Waals surface area (Å²) in [4.78, 5) is 30.8. The predicted octanol–water partition coefficient (Wildman–Crippen LogP) is 4.74. The van der Waals surface area contributed by atoms with E-state index >= 15 is 0 Å². The van der Waals surface area contributed by atoms with Gasteiger partial charge in [-0.1, -0.05) is 30.7 Å². The molecule has 2 aromatic carbocycles. The van der Waals surface area contributed by atoms with E-state index in [9.17, 15) is 31.2 Å². The maximum atomic E-state index is 13.9. The van der Waals surface area contributed by atoms with E-state index in [4.69, 9.17) is 0 Å². The van der Waals surface area contributed by atoms with E-state index in [0.717, 1.165) is 31.0 Å². The SMILES string of the molecule is CC(C)N(C)[C@]1(N2CC[C@H](NC(=O)c3cccc(C(F)(F)F)c3)C2=O)CCCC[C@H]1CS(=O)(=O)c1ccccc1. The van der Waals surface area contributed by atoms with Crippen molar-refractivity contribution in [2.24, 2.45) is 5.92 Å².